The summed E-state index contributed by atoms with van der Waals surface area (Å²) in [5, 5.41) is 20.0. The molecule has 5 rings (SSSR count). The highest BCUT2D eigenvalue weighted by molar-refractivity contribution is 6.00. The molecule has 0 aliphatic heterocycles. The first-order valence-corrected chi connectivity index (χ1v) is 10.1. The Morgan fingerprint density at radius 3 is 2.72 bits per heavy atom. The summed E-state index contributed by atoms with van der Waals surface area (Å²) in [6.45, 7) is 0. The zero-order valence-electron chi connectivity index (χ0n) is 16.1. The van der Waals surface area contributed by atoms with Gasteiger partial charge in [-0.2, -0.15) is 5.10 Å². The predicted octanol–water partition coefficient (Wildman–Crippen LogP) is 4.13. The highest BCUT2D eigenvalue weighted by Crippen LogP contribution is 2.33. The average Bonchev–Trinajstić information content (AvgIpc) is 3.29. The molecule has 6 nitrogen and oxygen atoms in total. The van der Waals surface area contributed by atoms with Gasteiger partial charge in [0.15, 0.2) is 5.82 Å². The minimum Gasteiger partial charge on any atom is -0.382 e. The number of hydrogen-bond donors (Lipinski definition) is 4. The summed E-state index contributed by atoms with van der Waals surface area (Å²) in [5.41, 5.74) is 9.67. The van der Waals surface area contributed by atoms with Gasteiger partial charge in [0.25, 0.3) is 0 Å². The van der Waals surface area contributed by atoms with Crippen molar-refractivity contribution in [2.24, 2.45) is 0 Å². The lowest BCUT2D eigenvalue weighted by Crippen LogP contribution is -2.25. The van der Waals surface area contributed by atoms with Crippen LogP contribution in [0.4, 0.5) is 5.82 Å². The molecule has 1 saturated carbocycles. The molecule has 1 aliphatic carbocycles. The maximum atomic E-state index is 11.0. The van der Waals surface area contributed by atoms with Crippen molar-refractivity contribution in [3.8, 4) is 23.0 Å². The number of nitrogens with one attached hydrogen (secondary N) is 2. The molecule has 0 unspecified atom stereocenters. The first kappa shape index (κ1) is 17.8. The number of nitrogens with two attached hydrogens (primary N) is 1. The van der Waals surface area contributed by atoms with Gasteiger partial charge in [-0.25, -0.2) is 4.98 Å². The molecular weight excluding hydrogens is 362 g/mol. The van der Waals surface area contributed by atoms with Crippen molar-refractivity contribution in [2.45, 2.75) is 44.1 Å². The minimum absolute atomic E-state index is 0.442. The van der Waals surface area contributed by atoms with Crippen LogP contribution in [0.15, 0.2) is 36.7 Å². The van der Waals surface area contributed by atoms with Gasteiger partial charge in [0.1, 0.15) is 11.2 Å². The second-order valence-electron chi connectivity index (χ2n) is 7.85. The van der Waals surface area contributed by atoms with Crippen LogP contribution >= 0.6 is 0 Å². The van der Waals surface area contributed by atoms with E-state index in [9.17, 15) is 5.11 Å². The molecular formula is C23H23N5O. The SMILES string of the molecule is Nc1n[nH]c2c(C#CC3(O)CCCCCC3)cc(-c3ccnc4[nH]ccc34)cc12. The predicted molar refractivity (Wildman–Crippen MR) is 115 cm³/mol. The fourth-order valence-corrected chi connectivity index (χ4v) is 4.23. The highest BCUT2D eigenvalue weighted by Gasteiger charge is 2.25. The van der Waals surface area contributed by atoms with Gasteiger partial charge < -0.3 is 15.8 Å². The summed E-state index contributed by atoms with van der Waals surface area (Å²) < 4.78 is 0. The van der Waals surface area contributed by atoms with Gasteiger partial charge in [-0.05, 0) is 61.1 Å². The molecule has 0 spiro atoms. The number of benzene rings is 1. The van der Waals surface area contributed by atoms with E-state index in [4.69, 9.17) is 5.73 Å². The largest absolute Gasteiger partial charge is 0.382 e. The maximum absolute atomic E-state index is 11.0. The van der Waals surface area contributed by atoms with Crippen LogP contribution in [-0.4, -0.2) is 30.9 Å². The topological polar surface area (TPSA) is 104 Å². The highest BCUT2D eigenvalue weighted by atomic mass is 16.3. The lowest BCUT2D eigenvalue weighted by Gasteiger charge is -2.19. The Morgan fingerprint density at radius 1 is 1.07 bits per heavy atom. The molecule has 0 radical (unpaired) electrons. The number of anilines is 1. The molecule has 1 aliphatic rings. The number of rotatable bonds is 1. The van der Waals surface area contributed by atoms with Crippen LogP contribution in [0, 0.1) is 11.8 Å². The van der Waals surface area contributed by atoms with Gasteiger partial charge in [-0.1, -0.05) is 24.7 Å². The summed E-state index contributed by atoms with van der Waals surface area (Å²) in [6.07, 6.45) is 9.47. The van der Waals surface area contributed by atoms with Crippen LogP contribution < -0.4 is 5.73 Å². The molecule has 0 atom stereocenters. The Bertz CT molecular complexity index is 1250. The zero-order chi connectivity index (χ0) is 19.8. The maximum Gasteiger partial charge on any atom is 0.153 e. The molecule has 1 aromatic carbocycles. The smallest absolute Gasteiger partial charge is 0.153 e. The molecule has 1 fully saturated rings. The summed E-state index contributed by atoms with van der Waals surface area (Å²) >= 11 is 0. The molecule has 146 valence electrons. The van der Waals surface area contributed by atoms with Crippen LogP contribution in [0.3, 0.4) is 0 Å². The van der Waals surface area contributed by atoms with Gasteiger partial charge in [0.2, 0.25) is 0 Å². The van der Waals surface area contributed by atoms with E-state index in [0.29, 0.717) is 5.82 Å². The van der Waals surface area contributed by atoms with Crippen LogP contribution in [0.5, 0.6) is 0 Å². The van der Waals surface area contributed by atoms with Crippen LogP contribution in [0.25, 0.3) is 33.1 Å². The van der Waals surface area contributed by atoms with Crippen LogP contribution in [-0.2, 0) is 0 Å². The Balaban J connectivity index is 1.66. The molecule has 0 saturated heterocycles. The molecule has 3 aromatic heterocycles. The van der Waals surface area contributed by atoms with E-state index >= 15 is 0 Å². The van der Waals surface area contributed by atoms with E-state index in [1.165, 1.54) is 0 Å². The van der Waals surface area contributed by atoms with Crippen molar-refractivity contribution in [1.29, 1.82) is 0 Å². The number of nitrogen functional groups attached to an aromatic ring is 1. The fraction of sp³-hybridized carbons (Fsp3) is 0.304. The quantitative estimate of drug-likeness (QED) is 0.292. The number of aliphatic hydroxyl groups is 1. The molecule has 29 heavy (non-hydrogen) atoms. The summed E-state index contributed by atoms with van der Waals surface area (Å²) in [4.78, 5) is 7.53. The van der Waals surface area contributed by atoms with E-state index in [2.05, 4.69) is 32.0 Å². The fourth-order valence-electron chi connectivity index (χ4n) is 4.23. The summed E-state index contributed by atoms with van der Waals surface area (Å²) in [7, 11) is 0. The Hall–Kier alpha value is -3.30. The van der Waals surface area contributed by atoms with Crippen molar-refractivity contribution in [1.82, 2.24) is 20.2 Å². The monoisotopic (exact) mass is 385 g/mol. The number of H-pyrrole nitrogens is 2. The lowest BCUT2D eigenvalue weighted by molar-refractivity contribution is 0.0849. The Morgan fingerprint density at radius 2 is 1.90 bits per heavy atom. The van der Waals surface area contributed by atoms with Gasteiger partial charge in [-0.15, -0.1) is 0 Å². The number of pyridine rings is 1. The second kappa shape index (κ2) is 6.94. The molecule has 4 aromatic rings. The van der Waals surface area contributed by atoms with Crippen molar-refractivity contribution in [3.05, 3.63) is 42.2 Å². The number of aromatic nitrogens is 4. The van der Waals surface area contributed by atoms with Crippen LogP contribution in [0.1, 0.15) is 44.1 Å². The van der Waals surface area contributed by atoms with Gasteiger partial charge in [0, 0.05) is 23.2 Å². The number of hydrogen-bond acceptors (Lipinski definition) is 4. The van der Waals surface area contributed by atoms with E-state index in [1.54, 1.807) is 6.20 Å². The van der Waals surface area contributed by atoms with Crippen molar-refractivity contribution >= 4 is 27.8 Å². The van der Waals surface area contributed by atoms with Crippen molar-refractivity contribution in [3.63, 3.8) is 0 Å². The van der Waals surface area contributed by atoms with E-state index in [1.807, 2.05) is 30.5 Å². The normalized spacial score (nSPS) is 16.4. The summed E-state index contributed by atoms with van der Waals surface area (Å²) in [6, 6.07) is 8.07. The Kier molecular flexibility index (Phi) is 4.26. The van der Waals surface area contributed by atoms with Gasteiger partial charge >= 0.3 is 0 Å². The molecule has 0 bridgehead atoms. The number of nitrogens with zero attached hydrogens (tertiary/aromatic N) is 2. The number of aromatic amines is 2. The van der Waals surface area contributed by atoms with E-state index in [0.717, 1.165) is 77.2 Å². The van der Waals surface area contributed by atoms with Gasteiger partial charge in [-0.3, -0.25) is 5.10 Å². The molecule has 5 N–H and O–H groups in total. The number of fused-ring (bicyclic) bond motifs is 2. The third kappa shape index (κ3) is 3.24. The first-order chi connectivity index (χ1) is 14.1. The van der Waals surface area contributed by atoms with Crippen molar-refractivity contribution < 1.29 is 5.11 Å². The molecule has 3 heterocycles. The third-order valence-electron chi connectivity index (χ3n) is 5.83. The molecule has 0 amide bonds. The minimum atomic E-state index is -0.922. The van der Waals surface area contributed by atoms with Crippen LogP contribution in [0.2, 0.25) is 0 Å². The van der Waals surface area contributed by atoms with Gasteiger partial charge in [0.05, 0.1) is 11.1 Å². The lowest BCUT2D eigenvalue weighted by atomic mass is 9.94. The Labute approximate surface area is 168 Å². The molecule has 6 heteroatoms. The zero-order valence-corrected chi connectivity index (χ0v) is 16.1. The van der Waals surface area contributed by atoms with E-state index in [-0.39, 0.29) is 0 Å². The second-order valence-corrected chi connectivity index (χ2v) is 7.85. The first-order valence-electron chi connectivity index (χ1n) is 10.1. The van der Waals surface area contributed by atoms with E-state index < -0.39 is 5.60 Å². The summed E-state index contributed by atoms with van der Waals surface area (Å²) in [5.74, 6) is 6.85. The standard InChI is InChI=1S/C23H23N5O/c24-21-19-14-16(17-6-11-25-22-18(17)7-12-26-22)13-15(20(19)27-28-21)5-10-23(29)8-3-1-2-4-9-23/h6-7,11-14,29H,1-4,8-9H2,(H,25,26)(H3,24,27,28). The van der Waals surface area contributed by atoms with Crippen molar-refractivity contribution in [2.75, 3.05) is 5.73 Å². The average molecular weight is 385 g/mol. The third-order valence-corrected chi connectivity index (χ3v) is 5.83.